The number of hydrogen-bond acceptors (Lipinski definition) is 4. The number of aryl methyl sites for hydroxylation is 1. The van der Waals surface area contributed by atoms with Gasteiger partial charge in [-0.15, -0.1) is 0 Å². The highest BCUT2D eigenvalue weighted by Crippen LogP contribution is 2.25. The fourth-order valence-electron chi connectivity index (χ4n) is 3.22. The van der Waals surface area contributed by atoms with Crippen molar-refractivity contribution in [3.8, 4) is 11.5 Å². The predicted molar refractivity (Wildman–Crippen MR) is 109 cm³/mol. The normalized spacial score (nSPS) is 11.4. The fraction of sp³-hybridized carbons (Fsp3) is 0.182. The van der Waals surface area contributed by atoms with E-state index in [0.717, 1.165) is 28.9 Å². The lowest BCUT2D eigenvalue weighted by atomic mass is 10.1. The molecule has 136 valence electrons. The van der Waals surface area contributed by atoms with Gasteiger partial charge in [-0.05, 0) is 55.3 Å². The first-order valence-electron chi connectivity index (χ1n) is 8.82. The minimum absolute atomic E-state index is 0.629. The molecule has 4 nitrogen and oxygen atoms in total. The third-order valence-electron chi connectivity index (χ3n) is 4.61. The molecule has 0 bridgehead atoms. The number of halogens is 1. The minimum Gasteiger partial charge on any atom is -0.441 e. The molecule has 2 heterocycles. The van der Waals surface area contributed by atoms with Crippen LogP contribution in [0.3, 0.4) is 0 Å². The van der Waals surface area contributed by atoms with Crippen LogP contribution in [0.4, 0.5) is 0 Å². The molecule has 4 rings (SSSR count). The van der Waals surface area contributed by atoms with Crippen molar-refractivity contribution in [1.29, 1.82) is 0 Å². The molecular formula is C22H20ClN3O. The molecule has 0 radical (unpaired) electrons. The first-order chi connectivity index (χ1) is 13.1. The molecule has 0 atom stereocenters. The van der Waals surface area contributed by atoms with E-state index in [0.29, 0.717) is 17.5 Å². The van der Waals surface area contributed by atoms with E-state index in [1.54, 1.807) is 0 Å². The van der Waals surface area contributed by atoms with Gasteiger partial charge in [-0.1, -0.05) is 29.8 Å². The largest absolute Gasteiger partial charge is 0.441 e. The van der Waals surface area contributed by atoms with Crippen molar-refractivity contribution >= 4 is 22.4 Å². The minimum atomic E-state index is 0.629. The molecule has 4 aromatic rings. The molecular weight excluding hydrogens is 358 g/mol. The number of aromatic nitrogens is 2. The Morgan fingerprint density at radius 2 is 1.85 bits per heavy atom. The van der Waals surface area contributed by atoms with E-state index >= 15 is 0 Å². The Balaban J connectivity index is 1.53. The quantitative estimate of drug-likeness (QED) is 0.461. The monoisotopic (exact) mass is 377 g/mol. The number of benzene rings is 2. The van der Waals surface area contributed by atoms with Gasteiger partial charge in [-0.2, -0.15) is 0 Å². The van der Waals surface area contributed by atoms with Gasteiger partial charge in [0.1, 0.15) is 5.76 Å². The van der Waals surface area contributed by atoms with Crippen LogP contribution in [0.2, 0.25) is 5.02 Å². The zero-order valence-corrected chi connectivity index (χ0v) is 16.1. The fourth-order valence-corrected chi connectivity index (χ4v) is 3.35. The number of pyridine rings is 1. The van der Waals surface area contributed by atoms with E-state index in [9.17, 15) is 0 Å². The molecule has 0 saturated heterocycles. The van der Waals surface area contributed by atoms with Gasteiger partial charge in [0.15, 0.2) is 0 Å². The molecule has 0 spiro atoms. The van der Waals surface area contributed by atoms with Crippen molar-refractivity contribution in [2.75, 3.05) is 7.05 Å². The average Bonchev–Trinajstić information content (AvgIpc) is 3.03. The molecule has 2 aromatic heterocycles. The average molecular weight is 378 g/mol. The zero-order valence-electron chi connectivity index (χ0n) is 15.3. The third kappa shape index (κ3) is 3.87. The van der Waals surface area contributed by atoms with Crippen LogP contribution in [0, 0.1) is 6.92 Å². The van der Waals surface area contributed by atoms with Gasteiger partial charge >= 0.3 is 0 Å². The van der Waals surface area contributed by atoms with Crippen LogP contribution in [0.5, 0.6) is 0 Å². The van der Waals surface area contributed by atoms with Gasteiger partial charge in [0.25, 0.3) is 0 Å². The summed E-state index contributed by atoms with van der Waals surface area (Å²) in [5.74, 6) is 1.47. The summed E-state index contributed by atoms with van der Waals surface area (Å²) in [6.45, 7) is 3.49. The summed E-state index contributed by atoms with van der Waals surface area (Å²) >= 11 is 5.96. The Kier molecular flexibility index (Phi) is 4.92. The Bertz CT molecular complexity index is 1070. The molecule has 0 aliphatic carbocycles. The smallest absolute Gasteiger partial charge is 0.226 e. The molecule has 0 aliphatic rings. The standard InChI is InChI=1S/C22H20ClN3O/c1-15-21(25-22(27-15)16-6-8-19(23)9-7-16)14-26(2)13-18-5-3-4-17-12-24-11-10-20(17)18/h3-12H,13-14H2,1-2H3. The van der Waals surface area contributed by atoms with E-state index in [1.165, 1.54) is 10.9 Å². The summed E-state index contributed by atoms with van der Waals surface area (Å²) in [6.07, 6.45) is 3.74. The lowest BCUT2D eigenvalue weighted by molar-refractivity contribution is 0.314. The molecule has 0 N–H and O–H groups in total. The first-order valence-corrected chi connectivity index (χ1v) is 9.20. The van der Waals surface area contributed by atoms with Crippen LogP contribution in [-0.4, -0.2) is 21.9 Å². The van der Waals surface area contributed by atoms with Crippen molar-refractivity contribution in [1.82, 2.24) is 14.9 Å². The Morgan fingerprint density at radius 1 is 1.04 bits per heavy atom. The van der Waals surface area contributed by atoms with Gasteiger partial charge in [0.2, 0.25) is 5.89 Å². The Morgan fingerprint density at radius 3 is 2.67 bits per heavy atom. The van der Waals surface area contributed by atoms with Gasteiger partial charge < -0.3 is 4.42 Å². The van der Waals surface area contributed by atoms with Gasteiger partial charge in [0.05, 0.1) is 5.69 Å². The molecule has 0 amide bonds. The van der Waals surface area contributed by atoms with E-state index in [4.69, 9.17) is 21.0 Å². The SMILES string of the molecule is Cc1oc(-c2ccc(Cl)cc2)nc1CN(C)Cc1cccc2cnccc12. The maximum Gasteiger partial charge on any atom is 0.226 e. The zero-order chi connectivity index (χ0) is 18.8. The van der Waals surface area contributed by atoms with Crippen LogP contribution in [-0.2, 0) is 13.1 Å². The Hall–Kier alpha value is -2.69. The molecule has 0 unspecified atom stereocenters. The maximum absolute atomic E-state index is 5.96. The van der Waals surface area contributed by atoms with E-state index in [1.807, 2.05) is 43.6 Å². The van der Waals surface area contributed by atoms with Crippen molar-refractivity contribution in [2.45, 2.75) is 20.0 Å². The van der Waals surface area contributed by atoms with Gasteiger partial charge in [-0.25, -0.2) is 4.98 Å². The van der Waals surface area contributed by atoms with Crippen LogP contribution in [0.1, 0.15) is 17.0 Å². The van der Waals surface area contributed by atoms with Crippen molar-refractivity contribution in [3.63, 3.8) is 0 Å². The van der Waals surface area contributed by atoms with Crippen molar-refractivity contribution in [2.24, 2.45) is 0 Å². The number of hydrogen-bond donors (Lipinski definition) is 0. The van der Waals surface area contributed by atoms with Crippen molar-refractivity contribution in [3.05, 3.63) is 83.0 Å². The van der Waals surface area contributed by atoms with Gasteiger partial charge in [-0.3, -0.25) is 9.88 Å². The number of rotatable bonds is 5. The summed E-state index contributed by atoms with van der Waals surface area (Å²) < 4.78 is 5.87. The van der Waals surface area contributed by atoms with E-state index < -0.39 is 0 Å². The molecule has 2 aromatic carbocycles. The summed E-state index contributed by atoms with van der Waals surface area (Å²) in [6, 6.07) is 15.9. The van der Waals surface area contributed by atoms with Crippen LogP contribution < -0.4 is 0 Å². The predicted octanol–water partition coefficient (Wildman–Crippen LogP) is 5.48. The van der Waals surface area contributed by atoms with Crippen LogP contribution >= 0.6 is 11.6 Å². The summed E-state index contributed by atoms with van der Waals surface area (Å²) in [4.78, 5) is 11.1. The highest BCUT2D eigenvalue weighted by atomic mass is 35.5. The Labute approximate surface area is 163 Å². The van der Waals surface area contributed by atoms with Crippen LogP contribution in [0.25, 0.3) is 22.2 Å². The summed E-state index contributed by atoms with van der Waals surface area (Å²) in [7, 11) is 2.09. The third-order valence-corrected chi connectivity index (χ3v) is 4.87. The van der Waals surface area contributed by atoms with Crippen LogP contribution in [0.15, 0.2) is 65.3 Å². The highest BCUT2D eigenvalue weighted by molar-refractivity contribution is 6.30. The first kappa shape index (κ1) is 17.7. The second-order valence-corrected chi connectivity index (χ2v) is 7.15. The summed E-state index contributed by atoms with van der Waals surface area (Å²) in [5.41, 5.74) is 3.15. The highest BCUT2D eigenvalue weighted by Gasteiger charge is 2.14. The molecule has 0 aliphatic heterocycles. The second-order valence-electron chi connectivity index (χ2n) is 6.72. The molecule has 27 heavy (non-hydrogen) atoms. The molecule has 0 saturated carbocycles. The van der Waals surface area contributed by atoms with Crippen molar-refractivity contribution < 1.29 is 4.42 Å². The number of nitrogens with zero attached hydrogens (tertiary/aromatic N) is 3. The maximum atomic E-state index is 5.96. The lowest BCUT2D eigenvalue weighted by Gasteiger charge is -2.17. The topological polar surface area (TPSA) is 42.2 Å². The molecule has 5 heteroatoms. The lowest BCUT2D eigenvalue weighted by Crippen LogP contribution is -2.18. The van der Waals surface area contributed by atoms with E-state index in [2.05, 4.69) is 41.2 Å². The number of oxazole rings is 1. The van der Waals surface area contributed by atoms with Gasteiger partial charge in [0, 0.05) is 41.5 Å². The molecule has 0 fully saturated rings. The number of fused-ring (bicyclic) bond motifs is 1. The van der Waals surface area contributed by atoms with E-state index in [-0.39, 0.29) is 0 Å². The summed E-state index contributed by atoms with van der Waals surface area (Å²) in [5, 5.41) is 3.09. The second kappa shape index (κ2) is 7.51.